The summed E-state index contributed by atoms with van der Waals surface area (Å²) in [5, 5.41) is 8.22. The van der Waals surface area contributed by atoms with Gasteiger partial charge in [0.15, 0.2) is 0 Å². The van der Waals surface area contributed by atoms with Gasteiger partial charge in [0, 0.05) is 25.2 Å². The number of hydrogen-bond acceptors (Lipinski definition) is 3. The molecule has 0 aromatic carbocycles. The molecule has 0 bridgehead atoms. The van der Waals surface area contributed by atoms with Crippen LogP contribution in [0.5, 0.6) is 0 Å². The lowest BCUT2D eigenvalue weighted by Gasteiger charge is -2.28. The molecule has 2 aliphatic rings. The summed E-state index contributed by atoms with van der Waals surface area (Å²) < 4.78 is 0. The van der Waals surface area contributed by atoms with Crippen LogP contribution >= 0.6 is 11.3 Å². The molecule has 94 valence electrons. The van der Waals surface area contributed by atoms with Crippen molar-refractivity contribution in [1.29, 1.82) is 0 Å². The lowest BCUT2D eigenvalue weighted by Crippen LogP contribution is -2.40. The monoisotopic (exact) mass is 250 g/mol. The molecule has 0 spiro atoms. The molecular formula is C14H22N2S. The Labute approximate surface area is 108 Å². The molecule has 1 saturated heterocycles. The van der Waals surface area contributed by atoms with Crippen molar-refractivity contribution in [2.45, 2.75) is 44.8 Å². The van der Waals surface area contributed by atoms with E-state index in [-0.39, 0.29) is 0 Å². The Bertz CT molecular complexity index is 345. The topological polar surface area (TPSA) is 15.3 Å². The fraction of sp³-hybridized carbons (Fsp3) is 0.714. The van der Waals surface area contributed by atoms with Gasteiger partial charge in [0.2, 0.25) is 0 Å². The van der Waals surface area contributed by atoms with Crippen LogP contribution in [0, 0.1) is 5.92 Å². The van der Waals surface area contributed by atoms with E-state index >= 15 is 0 Å². The zero-order valence-electron chi connectivity index (χ0n) is 10.6. The van der Waals surface area contributed by atoms with Crippen LogP contribution < -0.4 is 5.32 Å². The van der Waals surface area contributed by atoms with Gasteiger partial charge in [0.05, 0.1) is 0 Å². The molecule has 2 unspecified atom stereocenters. The summed E-state index contributed by atoms with van der Waals surface area (Å²) in [5.74, 6) is 0.963. The van der Waals surface area contributed by atoms with E-state index in [1.807, 2.05) is 11.3 Å². The van der Waals surface area contributed by atoms with Crippen molar-refractivity contribution in [3.63, 3.8) is 0 Å². The van der Waals surface area contributed by atoms with Gasteiger partial charge >= 0.3 is 0 Å². The van der Waals surface area contributed by atoms with Crippen molar-refractivity contribution in [2.75, 3.05) is 13.1 Å². The van der Waals surface area contributed by atoms with E-state index in [0.717, 1.165) is 18.5 Å². The van der Waals surface area contributed by atoms with Gasteiger partial charge in [-0.1, -0.05) is 0 Å². The van der Waals surface area contributed by atoms with Crippen LogP contribution in [-0.2, 0) is 6.54 Å². The Hall–Kier alpha value is -0.380. The molecule has 2 nitrogen and oxygen atoms in total. The van der Waals surface area contributed by atoms with Crippen molar-refractivity contribution in [1.82, 2.24) is 10.2 Å². The molecule has 3 rings (SSSR count). The molecular weight excluding hydrogens is 228 g/mol. The summed E-state index contributed by atoms with van der Waals surface area (Å²) in [6.45, 7) is 5.95. The molecule has 2 fully saturated rings. The van der Waals surface area contributed by atoms with Crippen molar-refractivity contribution < 1.29 is 0 Å². The van der Waals surface area contributed by atoms with E-state index in [4.69, 9.17) is 0 Å². The third-order valence-corrected chi connectivity index (χ3v) is 4.91. The summed E-state index contributed by atoms with van der Waals surface area (Å²) in [6.07, 6.45) is 4.17. The molecule has 1 N–H and O–H groups in total. The average molecular weight is 250 g/mol. The lowest BCUT2D eigenvalue weighted by atomic mass is 10.1. The van der Waals surface area contributed by atoms with E-state index in [1.165, 1.54) is 37.9 Å². The first-order valence-electron chi connectivity index (χ1n) is 6.81. The van der Waals surface area contributed by atoms with Crippen LogP contribution in [0.2, 0.25) is 0 Å². The summed E-state index contributed by atoms with van der Waals surface area (Å²) in [4.78, 5) is 2.67. The van der Waals surface area contributed by atoms with E-state index in [1.54, 1.807) is 0 Å². The van der Waals surface area contributed by atoms with Gasteiger partial charge < -0.3 is 5.32 Å². The smallest absolute Gasteiger partial charge is 0.0245 e. The second-order valence-electron chi connectivity index (χ2n) is 5.60. The highest BCUT2D eigenvalue weighted by Gasteiger charge is 2.34. The van der Waals surface area contributed by atoms with Crippen molar-refractivity contribution >= 4 is 11.3 Å². The number of nitrogens with zero attached hydrogens (tertiary/aromatic N) is 1. The van der Waals surface area contributed by atoms with E-state index in [2.05, 4.69) is 34.0 Å². The van der Waals surface area contributed by atoms with Crippen molar-refractivity contribution in [3.05, 3.63) is 22.4 Å². The van der Waals surface area contributed by atoms with Crippen LogP contribution in [-0.4, -0.2) is 30.1 Å². The molecule has 1 aliphatic heterocycles. The zero-order chi connectivity index (χ0) is 11.7. The predicted molar refractivity (Wildman–Crippen MR) is 73.3 cm³/mol. The van der Waals surface area contributed by atoms with Crippen molar-refractivity contribution in [2.24, 2.45) is 5.92 Å². The molecule has 1 aromatic rings. The maximum atomic E-state index is 3.74. The molecule has 17 heavy (non-hydrogen) atoms. The van der Waals surface area contributed by atoms with E-state index in [9.17, 15) is 0 Å². The van der Waals surface area contributed by atoms with Crippen LogP contribution in [0.1, 0.15) is 31.7 Å². The summed E-state index contributed by atoms with van der Waals surface area (Å²) in [6, 6.07) is 3.73. The minimum atomic E-state index is 0.714. The number of rotatable bonds is 3. The maximum Gasteiger partial charge on any atom is 0.0245 e. The van der Waals surface area contributed by atoms with E-state index < -0.39 is 0 Å². The summed E-state index contributed by atoms with van der Waals surface area (Å²) >= 11 is 1.81. The normalized spacial score (nSPS) is 31.4. The minimum absolute atomic E-state index is 0.714. The average Bonchev–Trinajstić information content (AvgIpc) is 3.06. The van der Waals surface area contributed by atoms with Gasteiger partial charge in [-0.25, -0.2) is 0 Å². The van der Waals surface area contributed by atoms with Crippen LogP contribution in [0.25, 0.3) is 0 Å². The third kappa shape index (κ3) is 2.90. The van der Waals surface area contributed by atoms with Gasteiger partial charge in [-0.05, 0) is 61.0 Å². The standard InChI is InChI=1S/C14H22N2S/c1-11-4-6-15-14(13-2-3-13)9-16(11)8-12-5-7-17-10-12/h5,7,10-11,13-15H,2-4,6,8-9H2,1H3. The highest BCUT2D eigenvalue weighted by atomic mass is 32.1. The molecule has 1 saturated carbocycles. The van der Waals surface area contributed by atoms with Gasteiger partial charge in [-0.2, -0.15) is 11.3 Å². The number of thiophene rings is 1. The van der Waals surface area contributed by atoms with Crippen LogP contribution in [0.4, 0.5) is 0 Å². The quantitative estimate of drug-likeness (QED) is 0.887. The number of nitrogens with one attached hydrogen (secondary N) is 1. The third-order valence-electron chi connectivity index (χ3n) is 4.18. The van der Waals surface area contributed by atoms with Gasteiger partial charge in [0.1, 0.15) is 0 Å². The second kappa shape index (κ2) is 5.09. The minimum Gasteiger partial charge on any atom is -0.312 e. The highest BCUT2D eigenvalue weighted by Crippen LogP contribution is 2.34. The second-order valence-corrected chi connectivity index (χ2v) is 6.38. The molecule has 1 aromatic heterocycles. The predicted octanol–water partition coefficient (Wildman–Crippen LogP) is 2.71. The molecule has 3 heteroatoms. The van der Waals surface area contributed by atoms with E-state index in [0.29, 0.717) is 6.04 Å². The van der Waals surface area contributed by atoms with Crippen molar-refractivity contribution in [3.8, 4) is 0 Å². The van der Waals surface area contributed by atoms with Gasteiger partial charge in [0.25, 0.3) is 0 Å². The van der Waals surface area contributed by atoms with Gasteiger partial charge in [-0.3, -0.25) is 4.90 Å². The first-order chi connectivity index (χ1) is 8.33. The summed E-state index contributed by atoms with van der Waals surface area (Å²) in [7, 11) is 0. The largest absolute Gasteiger partial charge is 0.312 e. The molecule has 2 heterocycles. The summed E-state index contributed by atoms with van der Waals surface area (Å²) in [5.41, 5.74) is 1.48. The molecule has 2 atom stereocenters. The van der Waals surface area contributed by atoms with Crippen LogP contribution in [0.15, 0.2) is 16.8 Å². The first-order valence-corrected chi connectivity index (χ1v) is 7.76. The first kappa shape index (κ1) is 11.7. The zero-order valence-corrected chi connectivity index (χ0v) is 11.4. The molecule has 1 aliphatic carbocycles. The van der Waals surface area contributed by atoms with Crippen LogP contribution in [0.3, 0.4) is 0 Å². The Morgan fingerprint density at radius 3 is 3.00 bits per heavy atom. The highest BCUT2D eigenvalue weighted by molar-refractivity contribution is 7.07. The number of hydrogen-bond donors (Lipinski definition) is 1. The fourth-order valence-electron chi connectivity index (χ4n) is 2.81. The van der Waals surface area contributed by atoms with Gasteiger partial charge in [-0.15, -0.1) is 0 Å². The lowest BCUT2D eigenvalue weighted by molar-refractivity contribution is 0.191. The fourth-order valence-corrected chi connectivity index (χ4v) is 3.47. The Balaban J connectivity index is 1.66. The molecule has 0 amide bonds. The maximum absolute atomic E-state index is 3.74. The Morgan fingerprint density at radius 2 is 2.29 bits per heavy atom. The SMILES string of the molecule is CC1CCNC(C2CC2)CN1Cc1ccsc1. The Kier molecular flexibility index (Phi) is 3.50. The Morgan fingerprint density at radius 1 is 1.41 bits per heavy atom. The molecule has 0 radical (unpaired) electrons.